The molecule has 1 atom stereocenters. The van der Waals surface area contributed by atoms with Crippen molar-refractivity contribution in [3.8, 4) is 23.0 Å². The summed E-state index contributed by atoms with van der Waals surface area (Å²) in [5.74, 6) is 2.95. The van der Waals surface area contributed by atoms with Gasteiger partial charge < -0.3 is 14.3 Å². The van der Waals surface area contributed by atoms with E-state index < -0.39 is 0 Å². The van der Waals surface area contributed by atoms with E-state index in [0.29, 0.717) is 19.0 Å². The Hall–Kier alpha value is -2.63. The molecule has 1 N–H and O–H groups in total. The highest BCUT2D eigenvalue weighted by molar-refractivity contribution is 5.57. The third-order valence-electron chi connectivity index (χ3n) is 4.81. The summed E-state index contributed by atoms with van der Waals surface area (Å²) in [5, 5.41) is 9.86. The molecule has 5 nitrogen and oxygen atoms in total. The average Bonchev–Trinajstić information content (AvgIpc) is 3.03. The van der Waals surface area contributed by atoms with Crippen LogP contribution in [0.25, 0.3) is 11.5 Å². The first-order chi connectivity index (χ1) is 13.2. The fraction of sp³-hybridized carbons (Fsp3) is 0.318. The molecule has 2 heterocycles. The monoisotopic (exact) mass is 364 g/mol. The number of rotatable bonds is 5. The van der Waals surface area contributed by atoms with Crippen LogP contribution in [0.2, 0.25) is 0 Å². The molecule has 1 aromatic heterocycles. The number of likely N-dealkylation sites (tertiary alicyclic amines) is 1. The molecule has 0 aliphatic carbocycles. The summed E-state index contributed by atoms with van der Waals surface area (Å²) in [4.78, 5) is 6.94. The van der Waals surface area contributed by atoms with E-state index in [4.69, 9.17) is 14.1 Å². The molecule has 140 valence electrons. The Bertz CT molecular complexity index is 892. The highest BCUT2D eigenvalue weighted by Gasteiger charge is 2.20. The van der Waals surface area contributed by atoms with Crippen molar-refractivity contribution in [1.82, 2.24) is 9.88 Å². The number of hydrogen-bond donors (Lipinski definition) is 1. The maximum absolute atomic E-state index is 9.86. The topological polar surface area (TPSA) is 58.7 Å². The lowest BCUT2D eigenvalue weighted by molar-refractivity contribution is 0.0660. The van der Waals surface area contributed by atoms with Gasteiger partial charge in [0, 0.05) is 18.7 Å². The van der Waals surface area contributed by atoms with Crippen LogP contribution in [0.3, 0.4) is 0 Å². The van der Waals surface area contributed by atoms with Gasteiger partial charge in [-0.25, -0.2) is 4.98 Å². The molecule has 1 aliphatic heterocycles. The zero-order valence-electron chi connectivity index (χ0n) is 15.5. The second-order valence-corrected chi connectivity index (χ2v) is 7.00. The normalized spacial score (nSPS) is 17.8. The number of hydrogen-bond acceptors (Lipinski definition) is 5. The molecule has 5 heteroatoms. The summed E-state index contributed by atoms with van der Waals surface area (Å²) in [5.41, 5.74) is 1.81. The number of ether oxygens (including phenoxy) is 1. The molecular weight excluding hydrogens is 340 g/mol. The van der Waals surface area contributed by atoms with Gasteiger partial charge in [0.05, 0.1) is 11.8 Å². The molecule has 0 saturated carbocycles. The third kappa shape index (κ3) is 4.38. The maximum atomic E-state index is 9.86. The molecular formula is C22H24N2O3. The molecule has 0 bridgehead atoms. The summed E-state index contributed by atoms with van der Waals surface area (Å²) in [6.45, 7) is 4.32. The van der Waals surface area contributed by atoms with Crippen LogP contribution in [0.1, 0.15) is 24.3 Å². The first-order valence-electron chi connectivity index (χ1n) is 9.37. The third-order valence-corrected chi connectivity index (χ3v) is 4.81. The molecule has 0 amide bonds. The standard InChI is InChI=1S/C22H24N2O3/c1-16-21(15-24-12-6-8-18(25)14-24)23-22(26-16)17-7-5-11-20(13-17)27-19-9-3-2-4-10-19/h2-5,7,9-11,13,18,25H,6,8,12,14-15H2,1H3. The Morgan fingerprint density at radius 2 is 1.96 bits per heavy atom. The van der Waals surface area contributed by atoms with Gasteiger partial charge in [-0.1, -0.05) is 24.3 Å². The molecule has 1 aliphatic rings. The minimum absolute atomic E-state index is 0.239. The van der Waals surface area contributed by atoms with Crippen LogP contribution in [0.15, 0.2) is 59.0 Å². The van der Waals surface area contributed by atoms with Crippen LogP contribution in [0.5, 0.6) is 11.5 Å². The number of aromatic nitrogens is 1. The second kappa shape index (κ2) is 7.94. The van der Waals surface area contributed by atoms with Crippen molar-refractivity contribution >= 4 is 0 Å². The van der Waals surface area contributed by atoms with E-state index in [1.165, 1.54) is 0 Å². The smallest absolute Gasteiger partial charge is 0.226 e. The summed E-state index contributed by atoms with van der Waals surface area (Å²) in [6.07, 6.45) is 1.66. The van der Waals surface area contributed by atoms with E-state index in [9.17, 15) is 5.11 Å². The van der Waals surface area contributed by atoms with Crippen LogP contribution >= 0.6 is 0 Å². The van der Waals surface area contributed by atoms with Gasteiger partial charge in [0.2, 0.25) is 5.89 Å². The van der Waals surface area contributed by atoms with E-state index in [0.717, 1.165) is 47.9 Å². The Labute approximate surface area is 159 Å². The van der Waals surface area contributed by atoms with Gasteiger partial charge in [0.25, 0.3) is 0 Å². The minimum Gasteiger partial charge on any atom is -0.457 e. The Morgan fingerprint density at radius 3 is 2.78 bits per heavy atom. The number of nitrogens with zero attached hydrogens (tertiary/aromatic N) is 2. The predicted octanol–water partition coefficient (Wildman–Crippen LogP) is 4.40. The van der Waals surface area contributed by atoms with Crippen molar-refractivity contribution < 1.29 is 14.3 Å². The van der Waals surface area contributed by atoms with E-state index in [1.807, 2.05) is 61.5 Å². The summed E-state index contributed by atoms with van der Waals surface area (Å²) >= 11 is 0. The van der Waals surface area contributed by atoms with Crippen molar-refractivity contribution in [2.24, 2.45) is 0 Å². The molecule has 4 rings (SSSR count). The molecule has 0 radical (unpaired) electrons. The number of aryl methyl sites for hydroxylation is 1. The van der Waals surface area contributed by atoms with Crippen molar-refractivity contribution in [2.45, 2.75) is 32.4 Å². The number of piperidine rings is 1. The van der Waals surface area contributed by atoms with Crippen LogP contribution < -0.4 is 4.74 Å². The lowest BCUT2D eigenvalue weighted by Crippen LogP contribution is -2.37. The lowest BCUT2D eigenvalue weighted by atomic mass is 10.1. The van der Waals surface area contributed by atoms with Crippen LogP contribution in [-0.4, -0.2) is 34.2 Å². The first kappa shape index (κ1) is 17.8. The maximum Gasteiger partial charge on any atom is 0.226 e. The SMILES string of the molecule is Cc1oc(-c2cccc(Oc3ccccc3)c2)nc1CN1CCCC(O)C1. The molecule has 0 spiro atoms. The summed E-state index contributed by atoms with van der Waals surface area (Å²) < 4.78 is 11.8. The van der Waals surface area contributed by atoms with Crippen LogP contribution in [0.4, 0.5) is 0 Å². The Balaban J connectivity index is 1.51. The van der Waals surface area contributed by atoms with Gasteiger partial charge >= 0.3 is 0 Å². The van der Waals surface area contributed by atoms with E-state index >= 15 is 0 Å². The molecule has 27 heavy (non-hydrogen) atoms. The van der Waals surface area contributed by atoms with Crippen molar-refractivity contribution in [1.29, 1.82) is 0 Å². The number of oxazole rings is 1. The fourth-order valence-electron chi connectivity index (χ4n) is 3.40. The summed E-state index contributed by atoms with van der Waals surface area (Å²) in [6, 6.07) is 17.5. The zero-order valence-corrected chi connectivity index (χ0v) is 15.5. The zero-order chi connectivity index (χ0) is 18.6. The number of benzene rings is 2. The minimum atomic E-state index is -0.239. The molecule has 3 aromatic rings. The van der Waals surface area contributed by atoms with Gasteiger partial charge in [0.1, 0.15) is 17.3 Å². The molecule has 1 saturated heterocycles. The lowest BCUT2D eigenvalue weighted by Gasteiger charge is -2.29. The van der Waals surface area contributed by atoms with Crippen molar-refractivity contribution in [2.75, 3.05) is 13.1 Å². The highest BCUT2D eigenvalue weighted by Crippen LogP contribution is 2.28. The average molecular weight is 364 g/mol. The van der Waals surface area contributed by atoms with Crippen LogP contribution in [-0.2, 0) is 6.54 Å². The summed E-state index contributed by atoms with van der Waals surface area (Å²) in [7, 11) is 0. The van der Waals surface area contributed by atoms with E-state index in [2.05, 4.69) is 4.90 Å². The van der Waals surface area contributed by atoms with E-state index in [1.54, 1.807) is 0 Å². The van der Waals surface area contributed by atoms with E-state index in [-0.39, 0.29) is 6.10 Å². The van der Waals surface area contributed by atoms with Crippen LogP contribution in [0, 0.1) is 6.92 Å². The fourth-order valence-corrected chi connectivity index (χ4v) is 3.40. The Morgan fingerprint density at radius 1 is 1.15 bits per heavy atom. The molecule has 1 fully saturated rings. The largest absolute Gasteiger partial charge is 0.457 e. The predicted molar refractivity (Wildman–Crippen MR) is 104 cm³/mol. The number of para-hydroxylation sites is 1. The second-order valence-electron chi connectivity index (χ2n) is 7.00. The number of aliphatic hydroxyl groups excluding tert-OH is 1. The van der Waals surface area contributed by atoms with Crippen molar-refractivity contribution in [3.63, 3.8) is 0 Å². The molecule has 1 unspecified atom stereocenters. The van der Waals surface area contributed by atoms with Gasteiger partial charge in [-0.15, -0.1) is 0 Å². The quantitative estimate of drug-likeness (QED) is 0.727. The highest BCUT2D eigenvalue weighted by atomic mass is 16.5. The first-order valence-corrected chi connectivity index (χ1v) is 9.37. The van der Waals surface area contributed by atoms with Gasteiger partial charge in [-0.2, -0.15) is 0 Å². The van der Waals surface area contributed by atoms with Gasteiger partial charge in [-0.3, -0.25) is 4.90 Å². The molecule has 2 aromatic carbocycles. The van der Waals surface area contributed by atoms with Gasteiger partial charge in [-0.05, 0) is 56.6 Å². The van der Waals surface area contributed by atoms with Gasteiger partial charge in [0.15, 0.2) is 0 Å². The Kier molecular flexibility index (Phi) is 5.23. The number of aliphatic hydroxyl groups is 1. The number of β-amino-alcohol motifs (C(OH)–C–C–N with tert-alkyl or cyclic N) is 1. The van der Waals surface area contributed by atoms with Crippen molar-refractivity contribution in [3.05, 3.63) is 66.1 Å².